The van der Waals surface area contributed by atoms with Crippen LogP contribution in [0.2, 0.25) is 5.02 Å². The molecule has 0 aromatic carbocycles. The van der Waals surface area contributed by atoms with Gasteiger partial charge in [0.1, 0.15) is 0 Å². The van der Waals surface area contributed by atoms with Crippen molar-refractivity contribution in [3.05, 3.63) is 16.9 Å². The summed E-state index contributed by atoms with van der Waals surface area (Å²) in [5.41, 5.74) is 1.15. The highest BCUT2D eigenvalue weighted by atomic mass is 35.5. The fourth-order valence-electron chi connectivity index (χ4n) is 1.90. The summed E-state index contributed by atoms with van der Waals surface area (Å²) in [7, 11) is 1.95. The molecule has 1 atom stereocenters. The Morgan fingerprint density at radius 3 is 2.93 bits per heavy atom. The van der Waals surface area contributed by atoms with Gasteiger partial charge >= 0.3 is 0 Å². The number of aryl methyl sites for hydroxylation is 1. The van der Waals surface area contributed by atoms with Crippen molar-refractivity contribution in [1.82, 2.24) is 15.1 Å². The van der Waals surface area contributed by atoms with Crippen molar-refractivity contribution in [3.63, 3.8) is 0 Å². The van der Waals surface area contributed by atoms with Crippen molar-refractivity contribution in [2.45, 2.75) is 38.1 Å². The summed E-state index contributed by atoms with van der Waals surface area (Å²) in [6, 6.07) is 0.791. The van der Waals surface area contributed by atoms with Crippen LogP contribution in [0.3, 0.4) is 0 Å². The lowest BCUT2D eigenvalue weighted by Gasteiger charge is -2.12. The lowest BCUT2D eigenvalue weighted by molar-refractivity contribution is 0.558. The SMILES string of the molecule is CC(CCNC1CC1)c1c(Cl)cnn1C. The lowest BCUT2D eigenvalue weighted by Crippen LogP contribution is -2.19. The molecule has 2 rings (SSSR count). The summed E-state index contributed by atoms with van der Waals surface area (Å²) in [6.07, 6.45) is 5.54. The maximum absolute atomic E-state index is 6.09. The molecule has 4 heteroatoms. The molecular weight excluding hydrogens is 210 g/mol. The molecular formula is C11H18ClN3. The summed E-state index contributed by atoms with van der Waals surface area (Å²) < 4.78 is 1.88. The Hall–Kier alpha value is -0.540. The van der Waals surface area contributed by atoms with Crippen LogP contribution in [-0.2, 0) is 7.05 Å². The predicted octanol–water partition coefficient (Wildman–Crippen LogP) is 2.32. The van der Waals surface area contributed by atoms with Crippen LogP contribution in [0, 0.1) is 0 Å². The van der Waals surface area contributed by atoms with Crippen molar-refractivity contribution >= 4 is 11.6 Å². The van der Waals surface area contributed by atoms with Crippen LogP contribution in [-0.4, -0.2) is 22.4 Å². The normalized spacial score (nSPS) is 18.1. The van der Waals surface area contributed by atoms with Gasteiger partial charge < -0.3 is 5.32 Å². The molecule has 1 aliphatic rings. The largest absolute Gasteiger partial charge is 0.314 e. The van der Waals surface area contributed by atoms with Gasteiger partial charge in [-0.1, -0.05) is 18.5 Å². The van der Waals surface area contributed by atoms with Gasteiger partial charge in [-0.05, 0) is 25.8 Å². The molecule has 15 heavy (non-hydrogen) atoms. The first-order valence-electron chi connectivity index (χ1n) is 5.59. The quantitative estimate of drug-likeness (QED) is 0.837. The molecule has 0 amide bonds. The third-order valence-electron chi connectivity index (χ3n) is 2.99. The molecule has 1 aromatic rings. The van der Waals surface area contributed by atoms with E-state index in [0.717, 1.165) is 29.7 Å². The van der Waals surface area contributed by atoms with Crippen molar-refractivity contribution in [2.24, 2.45) is 7.05 Å². The van der Waals surface area contributed by atoms with Crippen LogP contribution in [0.1, 0.15) is 37.8 Å². The number of aromatic nitrogens is 2. The minimum atomic E-state index is 0.469. The molecule has 1 N–H and O–H groups in total. The van der Waals surface area contributed by atoms with Crippen LogP contribution in [0.4, 0.5) is 0 Å². The monoisotopic (exact) mass is 227 g/mol. The van der Waals surface area contributed by atoms with Gasteiger partial charge in [0.05, 0.1) is 16.9 Å². The van der Waals surface area contributed by atoms with Gasteiger partial charge in [0.25, 0.3) is 0 Å². The highest BCUT2D eigenvalue weighted by Gasteiger charge is 2.21. The third-order valence-corrected chi connectivity index (χ3v) is 3.28. The summed E-state index contributed by atoms with van der Waals surface area (Å²) in [4.78, 5) is 0. The average Bonchev–Trinajstić information content (AvgIpc) is 2.93. The Morgan fingerprint density at radius 1 is 1.67 bits per heavy atom. The van der Waals surface area contributed by atoms with Crippen molar-refractivity contribution in [3.8, 4) is 0 Å². The molecule has 0 spiro atoms. The third kappa shape index (κ3) is 2.73. The molecule has 1 unspecified atom stereocenters. The molecule has 1 aromatic heterocycles. The zero-order valence-corrected chi connectivity index (χ0v) is 10.1. The van der Waals surface area contributed by atoms with Crippen molar-refractivity contribution < 1.29 is 0 Å². The second-order valence-corrected chi connectivity index (χ2v) is 4.83. The smallest absolute Gasteiger partial charge is 0.0820 e. The van der Waals surface area contributed by atoms with E-state index in [1.807, 2.05) is 11.7 Å². The average molecular weight is 228 g/mol. The number of rotatable bonds is 5. The maximum Gasteiger partial charge on any atom is 0.0820 e. The minimum Gasteiger partial charge on any atom is -0.314 e. The molecule has 1 saturated carbocycles. The van der Waals surface area contributed by atoms with Crippen molar-refractivity contribution in [1.29, 1.82) is 0 Å². The number of halogens is 1. The summed E-state index contributed by atoms with van der Waals surface area (Å²) in [6.45, 7) is 3.28. The summed E-state index contributed by atoms with van der Waals surface area (Å²) in [5.74, 6) is 0.469. The van der Waals surface area contributed by atoms with Crippen LogP contribution in [0.25, 0.3) is 0 Å². The highest BCUT2D eigenvalue weighted by Crippen LogP contribution is 2.26. The Morgan fingerprint density at radius 2 is 2.40 bits per heavy atom. The molecule has 84 valence electrons. The zero-order valence-electron chi connectivity index (χ0n) is 9.33. The zero-order chi connectivity index (χ0) is 10.8. The molecule has 1 aliphatic carbocycles. The molecule has 0 saturated heterocycles. The molecule has 3 nitrogen and oxygen atoms in total. The predicted molar refractivity (Wildman–Crippen MR) is 62.3 cm³/mol. The first-order valence-corrected chi connectivity index (χ1v) is 5.97. The topological polar surface area (TPSA) is 29.9 Å². The molecule has 1 heterocycles. The van der Waals surface area contributed by atoms with Gasteiger partial charge in [0.15, 0.2) is 0 Å². The first-order chi connectivity index (χ1) is 7.18. The van der Waals surface area contributed by atoms with Crippen LogP contribution in [0.5, 0.6) is 0 Å². The van der Waals surface area contributed by atoms with Crippen molar-refractivity contribution in [2.75, 3.05) is 6.54 Å². The maximum atomic E-state index is 6.09. The van der Waals surface area contributed by atoms with E-state index in [-0.39, 0.29) is 0 Å². The van der Waals surface area contributed by atoms with Gasteiger partial charge in [-0.2, -0.15) is 5.10 Å². The van der Waals surface area contributed by atoms with E-state index >= 15 is 0 Å². The Labute approximate surface area is 95.8 Å². The van der Waals surface area contributed by atoms with E-state index in [1.165, 1.54) is 12.8 Å². The van der Waals surface area contributed by atoms with Gasteiger partial charge in [0.2, 0.25) is 0 Å². The second-order valence-electron chi connectivity index (χ2n) is 4.42. The minimum absolute atomic E-state index is 0.469. The molecule has 0 aliphatic heterocycles. The Kier molecular flexibility index (Phi) is 3.32. The fourth-order valence-corrected chi connectivity index (χ4v) is 2.25. The van der Waals surface area contributed by atoms with Gasteiger partial charge in [-0.25, -0.2) is 0 Å². The van der Waals surface area contributed by atoms with Crippen LogP contribution < -0.4 is 5.32 Å². The van der Waals surface area contributed by atoms with E-state index in [9.17, 15) is 0 Å². The number of nitrogens with one attached hydrogen (secondary N) is 1. The number of hydrogen-bond acceptors (Lipinski definition) is 2. The van der Waals surface area contributed by atoms with E-state index in [4.69, 9.17) is 11.6 Å². The molecule has 1 fully saturated rings. The highest BCUT2D eigenvalue weighted by molar-refractivity contribution is 6.31. The van der Waals surface area contributed by atoms with E-state index in [2.05, 4.69) is 17.3 Å². The van der Waals surface area contributed by atoms with E-state index < -0.39 is 0 Å². The van der Waals surface area contributed by atoms with Crippen LogP contribution >= 0.6 is 11.6 Å². The standard InChI is InChI=1S/C11H18ClN3/c1-8(5-6-13-9-3-4-9)11-10(12)7-14-15(11)2/h7-9,13H,3-6H2,1-2H3. The first kappa shape index (κ1) is 11.0. The van der Waals surface area contributed by atoms with Gasteiger partial charge in [0, 0.05) is 19.0 Å². The summed E-state index contributed by atoms with van der Waals surface area (Å²) in [5, 5.41) is 8.46. The Balaban J connectivity index is 1.85. The van der Waals surface area contributed by atoms with E-state index in [0.29, 0.717) is 5.92 Å². The number of hydrogen-bond donors (Lipinski definition) is 1. The lowest BCUT2D eigenvalue weighted by atomic mass is 10.0. The molecule has 0 radical (unpaired) electrons. The number of nitrogens with zero attached hydrogens (tertiary/aromatic N) is 2. The van der Waals surface area contributed by atoms with Gasteiger partial charge in [-0.15, -0.1) is 0 Å². The van der Waals surface area contributed by atoms with Gasteiger partial charge in [-0.3, -0.25) is 4.68 Å². The molecule has 0 bridgehead atoms. The fraction of sp³-hybridized carbons (Fsp3) is 0.727. The van der Waals surface area contributed by atoms with E-state index in [1.54, 1.807) is 6.20 Å². The van der Waals surface area contributed by atoms with Crippen LogP contribution in [0.15, 0.2) is 6.20 Å². The second kappa shape index (κ2) is 4.54. The Bertz CT molecular complexity index is 311. The summed E-state index contributed by atoms with van der Waals surface area (Å²) >= 11 is 6.09.